The van der Waals surface area contributed by atoms with Gasteiger partial charge in [-0.1, -0.05) is 0 Å². The van der Waals surface area contributed by atoms with E-state index < -0.39 is 5.95 Å². The maximum atomic E-state index is 14.7. The molecule has 5 heterocycles. The molecular formula is C18H21FN4O2. The number of fused-ring (bicyclic) bond motifs is 5. The predicted octanol–water partition coefficient (Wildman–Crippen LogP) is 1.86. The van der Waals surface area contributed by atoms with Gasteiger partial charge in [-0.05, 0) is 43.4 Å². The highest BCUT2D eigenvalue weighted by molar-refractivity contribution is 5.93. The van der Waals surface area contributed by atoms with Crippen LogP contribution in [0.3, 0.4) is 0 Å². The van der Waals surface area contributed by atoms with E-state index in [-0.39, 0.29) is 29.5 Å². The van der Waals surface area contributed by atoms with Gasteiger partial charge in [0.1, 0.15) is 5.65 Å². The van der Waals surface area contributed by atoms with E-state index in [0.717, 1.165) is 18.4 Å². The van der Waals surface area contributed by atoms with Gasteiger partial charge in [0.05, 0.1) is 0 Å². The summed E-state index contributed by atoms with van der Waals surface area (Å²) >= 11 is 0. The van der Waals surface area contributed by atoms with E-state index in [1.165, 1.54) is 4.40 Å². The number of pyridine rings is 1. The number of rotatable bonds is 1. The molecular weight excluding hydrogens is 323 g/mol. The molecule has 2 atom stereocenters. The van der Waals surface area contributed by atoms with Crippen molar-refractivity contribution in [3.8, 4) is 0 Å². The lowest BCUT2D eigenvalue weighted by Crippen LogP contribution is -2.48. The van der Waals surface area contributed by atoms with Crippen molar-refractivity contribution in [2.45, 2.75) is 32.7 Å². The average Bonchev–Trinajstić information content (AvgIpc) is 2.76. The Morgan fingerprint density at radius 1 is 1.24 bits per heavy atom. The quantitative estimate of drug-likeness (QED) is 0.793. The molecule has 7 heteroatoms. The highest BCUT2D eigenvalue weighted by atomic mass is 19.1. The summed E-state index contributed by atoms with van der Waals surface area (Å²) in [5.41, 5.74) is 1.26. The first-order chi connectivity index (χ1) is 11.9. The number of hydrogen-bond acceptors (Lipinski definition) is 3. The molecule has 0 aromatic carbocycles. The number of piperidine rings is 1. The monoisotopic (exact) mass is 344 g/mol. The van der Waals surface area contributed by atoms with Crippen molar-refractivity contribution in [1.82, 2.24) is 19.2 Å². The van der Waals surface area contributed by atoms with Gasteiger partial charge in [0.15, 0.2) is 5.69 Å². The molecule has 0 N–H and O–H groups in total. The smallest absolute Gasteiger partial charge is 0.277 e. The minimum atomic E-state index is -0.622. The van der Waals surface area contributed by atoms with Crippen LogP contribution < -0.4 is 0 Å². The van der Waals surface area contributed by atoms with Crippen LogP contribution in [-0.4, -0.2) is 56.7 Å². The molecule has 132 valence electrons. The van der Waals surface area contributed by atoms with Gasteiger partial charge < -0.3 is 9.80 Å². The minimum Gasteiger partial charge on any atom is -0.341 e. The van der Waals surface area contributed by atoms with Crippen LogP contribution in [0.2, 0.25) is 0 Å². The number of carbonyl (C=O) groups is 2. The number of aryl methyl sites for hydroxylation is 1. The summed E-state index contributed by atoms with van der Waals surface area (Å²) in [6.45, 7) is 5.20. The molecule has 3 saturated heterocycles. The zero-order valence-corrected chi connectivity index (χ0v) is 14.4. The van der Waals surface area contributed by atoms with E-state index in [1.54, 1.807) is 35.1 Å². The molecule has 5 rings (SSSR count). The van der Waals surface area contributed by atoms with Crippen molar-refractivity contribution in [1.29, 1.82) is 0 Å². The van der Waals surface area contributed by atoms with Crippen LogP contribution >= 0.6 is 0 Å². The second-order valence-electron chi connectivity index (χ2n) is 7.16. The Labute approximate surface area is 145 Å². The zero-order valence-electron chi connectivity index (χ0n) is 14.4. The average molecular weight is 344 g/mol. The van der Waals surface area contributed by atoms with Gasteiger partial charge in [-0.15, -0.1) is 0 Å². The molecule has 3 aliphatic heterocycles. The fourth-order valence-corrected chi connectivity index (χ4v) is 3.98. The molecule has 6 nitrogen and oxygen atoms in total. The molecule has 2 bridgehead atoms. The summed E-state index contributed by atoms with van der Waals surface area (Å²) < 4.78 is 16.0. The highest BCUT2D eigenvalue weighted by Gasteiger charge is 2.39. The predicted molar refractivity (Wildman–Crippen MR) is 89.7 cm³/mol. The summed E-state index contributed by atoms with van der Waals surface area (Å²) in [6.07, 6.45) is 3.43. The van der Waals surface area contributed by atoms with Gasteiger partial charge in [-0.25, -0.2) is 4.98 Å². The molecule has 2 aromatic heterocycles. The zero-order chi connectivity index (χ0) is 17.7. The van der Waals surface area contributed by atoms with Crippen LogP contribution in [0.4, 0.5) is 4.39 Å². The molecule has 0 unspecified atom stereocenters. The fraction of sp³-hybridized carbons (Fsp3) is 0.500. The largest absolute Gasteiger partial charge is 0.341 e. The molecule has 3 fully saturated rings. The molecule has 0 saturated carbocycles. The number of amides is 2. The van der Waals surface area contributed by atoms with Crippen LogP contribution in [0.5, 0.6) is 0 Å². The Balaban J connectivity index is 1.67. The number of nitrogens with zero attached hydrogens (tertiary/aromatic N) is 4. The molecule has 2 amide bonds. The number of aromatic nitrogens is 2. The molecule has 25 heavy (non-hydrogen) atoms. The first-order valence-corrected chi connectivity index (χ1v) is 8.64. The van der Waals surface area contributed by atoms with Gasteiger partial charge in [0.25, 0.3) is 5.91 Å². The van der Waals surface area contributed by atoms with Gasteiger partial charge in [-0.2, -0.15) is 4.39 Å². The summed E-state index contributed by atoms with van der Waals surface area (Å²) in [5.74, 6) is -0.725. The molecule has 3 aliphatic rings. The Bertz CT molecular complexity index is 862. The minimum absolute atomic E-state index is 0.0283. The van der Waals surface area contributed by atoms with Gasteiger partial charge in [-0.3, -0.25) is 14.0 Å². The van der Waals surface area contributed by atoms with Crippen LogP contribution in [-0.2, 0) is 4.79 Å². The molecule has 2 aromatic rings. The molecule has 0 radical (unpaired) electrons. The third-order valence-electron chi connectivity index (χ3n) is 5.35. The first-order valence-electron chi connectivity index (χ1n) is 8.64. The second-order valence-corrected chi connectivity index (χ2v) is 7.16. The summed E-state index contributed by atoms with van der Waals surface area (Å²) in [4.78, 5) is 32.5. The third kappa shape index (κ3) is 2.67. The normalized spacial score (nSPS) is 23.2. The Morgan fingerprint density at radius 3 is 2.80 bits per heavy atom. The maximum Gasteiger partial charge on any atom is 0.277 e. The van der Waals surface area contributed by atoms with E-state index in [2.05, 4.69) is 4.98 Å². The lowest BCUT2D eigenvalue weighted by molar-refractivity contribution is -0.129. The molecule has 0 aliphatic carbocycles. The summed E-state index contributed by atoms with van der Waals surface area (Å²) in [7, 11) is 0. The SMILES string of the molecule is CC(=O)N1C[C@H]2CC[C@@H](C1)N(C(=O)c1nc3cc(C)ccn3c1F)C2. The van der Waals surface area contributed by atoms with Gasteiger partial charge in [0.2, 0.25) is 11.9 Å². The number of carbonyl (C=O) groups excluding carboxylic acids is 2. The van der Waals surface area contributed by atoms with Crippen molar-refractivity contribution in [3.63, 3.8) is 0 Å². The number of imidazole rings is 1. The standard InChI is InChI=1S/C18H21FN4O2/c1-11-5-6-22-15(7-11)20-16(17(22)19)18(25)23-9-13-3-4-14(23)10-21(8-13)12(2)24/h5-7,13-14H,3-4,8-10H2,1-2H3/t13-,14+/m1/s1. The van der Waals surface area contributed by atoms with E-state index in [0.29, 0.717) is 25.3 Å². The summed E-state index contributed by atoms with van der Waals surface area (Å²) in [6, 6.07) is 3.47. The number of hydrogen-bond donors (Lipinski definition) is 0. The maximum absolute atomic E-state index is 14.7. The van der Waals surface area contributed by atoms with Crippen molar-refractivity contribution in [2.75, 3.05) is 19.6 Å². The van der Waals surface area contributed by atoms with E-state index in [1.807, 2.05) is 6.92 Å². The van der Waals surface area contributed by atoms with Crippen molar-refractivity contribution in [2.24, 2.45) is 5.92 Å². The lowest BCUT2D eigenvalue weighted by Gasteiger charge is -2.35. The van der Waals surface area contributed by atoms with Crippen molar-refractivity contribution < 1.29 is 14.0 Å². The van der Waals surface area contributed by atoms with Gasteiger partial charge >= 0.3 is 0 Å². The molecule has 0 spiro atoms. The van der Waals surface area contributed by atoms with Crippen LogP contribution in [0, 0.1) is 18.8 Å². The van der Waals surface area contributed by atoms with Crippen molar-refractivity contribution >= 4 is 17.5 Å². The number of halogens is 1. The summed E-state index contributed by atoms with van der Waals surface area (Å²) in [5, 5.41) is 0. The first kappa shape index (κ1) is 16.1. The lowest BCUT2D eigenvalue weighted by atomic mass is 9.95. The van der Waals surface area contributed by atoms with E-state index in [9.17, 15) is 14.0 Å². The fourth-order valence-electron chi connectivity index (χ4n) is 3.98. The topological polar surface area (TPSA) is 57.9 Å². The van der Waals surface area contributed by atoms with E-state index >= 15 is 0 Å². The van der Waals surface area contributed by atoms with E-state index in [4.69, 9.17) is 0 Å². The second kappa shape index (κ2) is 5.82. The Morgan fingerprint density at radius 2 is 2.04 bits per heavy atom. The van der Waals surface area contributed by atoms with Crippen LogP contribution in [0.15, 0.2) is 18.3 Å². The third-order valence-corrected chi connectivity index (χ3v) is 5.35. The van der Waals surface area contributed by atoms with Gasteiger partial charge in [0, 0.05) is 38.8 Å². The Kier molecular flexibility index (Phi) is 3.74. The van der Waals surface area contributed by atoms with Crippen molar-refractivity contribution in [3.05, 3.63) is 35.5 Å². The van der Waals surface area contributed by atoms with Crippen LogP contribution in [0.25, 0.3) is 5.65 Å². The Hall–Kier alpha value is -2.44. The highest BCUT2D eigenvalue weighted by Crippen LogP contribution is 2.29. The van der Waals surface area contributed by atoms with Crippen LogP contribution in [0.1, 0.15) is 35.8 Å².